The number of amides is 2. The van der Waals surface area contributed by atoms with Crippen molar-refractivity contribution >= 4 is 23.5 Å². The molecule has 1 aromatic carbocycles. The highest BCUT2D eigenvalue weighted by Gasteiger charge is 2.23. The molecule has 1 atom stereocenters. The van der Waals surface area contributed by atoms with E-state index >= 15 is 0 Å². The highest BCUT2D eigenvalue weighted by molar-refractivity contribution is 5.93. The van der Waals surface area contributed by atoms with Gasteiger partial charge >= 0.3 is 6.09 Å². The summed E-state index contributed by atoms with van der Waals surface area (Å²) in [6, 6.07) is 9.75. The monoisotopic (exact) mass is 479 g/mol. The van der Waals surface area contributed by atoms with Gasteiger partial charge in [-0.15, -0.1) is 0 Å². The maximum Gasteiger partial charge on any atom is 0.413 e. The number of ether oxygens (including phenoxy) is 1. The lowest BCUT2D eigenvalue weighted by Crippen LogP contribution is -2.25. The van der Waals surface area contributed by atoms with Crippen LogP contribution in [0.2, 0.25) is 0 Å². The molecule has 3 aromatic rings. The van der Waals surface area contributed by atoms with E-state index in [0.717, 1.165) is 25.7 Å². The maximum absolute atomic E-state index is 14.0. The summed E-state index contributed by atoms with van der Waals surface area (Å²) in [5.41, 5.74) is 2.80. The van der Waals surface area contributed by atoms with Crippen molar-refractivity contribution in [2.75, 3.05) is 10.6 Å². The Bertz CT molecular complexity index is 1220. The van der Waals surface area contributed by atoms with E-state index in [1.54, 1.807) is 44.4 Å². The quantitative estimate of drug-likeness (QED) is 0.469. The standard InChI is InChI=1S/C26H30FN5O3/c1-16-22(30-25(33)18-9-5-4-6-10-18)13-14-23(29-16)20-15-28-32(3)24(20)31-26(34)35-17(2)19-11-7-8-12-21(19)27/h7-8,11-15,17-18H,4-6,9-10H2,1-3H3,(H,30,33)(H,31,34)/t17-/m0/s1. The molecule has 9 heteroatoms. The van der Waals surface area contributed by atoms with Crippen molar-refractivity contribution < 1.29 is 18.7 Å². The Hall–Kier alpha value is -3.75. The summed E-state index contributed by atoms with van der Waals surface area (Å²) in [5, 5.41) is 9.94. The summed E-state index contributed by atoms with van der Waals surface area (Å²) in [4.78, 5) is 29.8. The van der Waals surface area contributed by atoms with Gasteiger partial charge in [0.1, 0.15) is 17.7 Å². The van der Waals surface area contributed by atoms with Crippen molar-refractivity contribution in [3.63, 3.8) is 0 Å². The number of benzene rings is 1. The van der Waals surface area contributed by atoms with Gasteiger partial charge < -0.3 is 10.1 Å². The number of aryl methyl sites for hydroxylation is 2. The maximum atomic E-state index is 14.0. The molecule has 4 rings (SSSR count). The van der Waals surface area contributed by atoms with Crippen LogP contribution in [0.25, 0.3) is 11.3 Å². The third-order valence-electron chi connectivity index (χ3n) is 6.38. The lowest BCUT2D eigenvalue weighted by Gasteiger charge is -2.21. The zero-order valence-corrected chi connectivity index (χ0v) is 20.2. The van der Waals surface area contributed by atoms with Crippen LogP contribution >= 0.6 is 0 Å². The molecule has 2 amide bonds. The number of anilines is 2. The van der Waals surface area contributed by atoms with Crippen molar-refractivity contribution in [2.24, 2.45) is 13.0 Å². The molecule has 8 nitrogen and oxygen atoms in total. The molecule has 0 aliphatic heterocycles. The molecule has 0 spiro atoms. The summed E-state index contributed by atoms with van der Waals surface area (Å²) in [7, 11) is 1.69. The fourth-order valence-electron chi connectivity index (χ4n) is 4.37. The second kappa shape index (κ2) is 10.7. The molecule has 2 heterocycles. The number of pyridine rings is 1. The lowest BCUT2D eigenvalue weighted by atomic mass is 9.88. The first kappa shape index (κ1) is 24.4. The molecular weight excluding hydrogens is 449 g/mol. The molecule has 0 saturated heterocycles. The van der Waals surface area contributed by atoms with Crippen LogP contribution in [-0.2, 0) is 16.6 Å². The van der Waals surface area contributed by atoms with Gasteiger partial charge in [-0.25, -0.2) is 9.18 Å². The van der Waals surface area contributed by atoms with Gasteiger partial charge in [0, 0.05) is 18.5 Å². The number of rotatable bonds is 6. The number of hydrogen-bond donors (Lipinski definition) is 2. The average Bonchev–Trinajstić information content (AvgIpc) is 3.20. The van der Waals surface area contributed by atoms with Crippen LogP contribution in [0.3, 0.4) is 0 Å². The first-order valence-electron chi connectivity index (χ1n) is 11.9. The van der Waals surface area contributed by atoms with Gasteiger partial charge in [-0.05, 0) is 44.9 Å². The molecule has 1 aliphatic rings. The molecular formula is C26H30FN5O3. The number of carbonyl (C=O) groups excluding carboxylic acids is 2. The van der Waals surface area contributed by atoms with Gasteiger partial charge in [0.05, 0.1) is 28.8 Å². The third-order valence-corrected chi connectivity index (χ3v) is 6.38. The van der Waals surface area contributed by atoms with E-state index in [-0.39, 0.29) is 17.4 Å². The zero-order valence-electron chi connectivity index (χ0n) is 20.2. The van der Waals surface area contributed by atoms with Gasteiger partial charge in [0.25, 0.3) is 0 Å². The van der Waals surface area contributed by atoms with Crippen molar-refractivity contribution in [3.05, 3.63) is 59.7 Å². The van der Waals surface area contributed by atoms with E-state index in [1.165, 1.54) is 17.2 Å². The van der Waals surface area contributed by atoms with Crippen LogP contribution < -0.4 is 10.6 Å². The Balaban J connectivity index is 1.46. The number of carbonyl (C=O) groups is 2. The molecule has 1 saturated carbocycles. The van der Waals surface area contributed by atoms with E-state index in [4.69, 9.17) is 4.74 Å². The highest BCUT2D eigenvalue weighted by Crippen LogP contribution is 2.30. The molecule has 0 radical (unpaired) electrons. The molecule has 184 valence electrons. The minimum atomic E-state index is -0.777. The zero-order chi connectivity index (χ0) is 24.9. The molecule has 0 bridgehead atoms. The second-order valence-electron chi connectivity index (χ2n) is 8.88. The topological polar surface area (TPSA) is 98.1 Å². The van der Waals surface area contributed by atoms with Gasteiger partial charge in [0.2, 0.25) is 5.91 Å². The third kappa shape index (κ3) is 5.67. The number of aromatic nitrogens is 3. The second-order valence-corrected chi connectivity index (χ2v) is 8.88. The SMILES string of the molecule is Cc1nc(-c2cnn(C)c2NC(=O)O[C@@H](C)c2ccccc2F)ccc1NC(=O)C1CCCCC1. The minimum absolute atomic E-state index is 0.0396. The van der Waals surface area contributed by atoms with Crippen molar-refractivity contribution in [3.8, 4) is 11.3 Å². The molecule has 2 aromatic heterocycles. The Kier molecular flexibility index (Phi) is 7.43. The van der Waals surface area contributed by atoms with Crippen LogP contribution in [-0.4, -0.2) is 26.8 Å². The normalized spacial score (nSPS) is 14.9. The largest absolute Gasteiger partial charge is 0.441 e. The Morgan fingerprint density at radius 1 is 1.11 bits per heavy atom. The van der Waals surface area contributed by atoms with Gasteiger partial charge in [0.15, 0.2) is 0 Å². The number of hydrogen-bond acceptors (Lipinski definition) is 5. The van der Waals surface area contributed by atoms with E-state index in [9.17, 15) is 14.0 Å². The van der Waals surface area contributed by atoms with Crippen LogP contribution in [0.15, 0.2) is 42.6 Å². The van der Waals surface area contributed by atoms with E-state index in [1.807, 2.05) is 13.0 Å². The first-order valence-corrected chi connectivity index (χ1v) is 11.9. The van der Waals surface area contributed by atoms with Crippen molar-refractivity contribution in [1.82, 2.24) is 14.8 Å². The van der Waals surface area contributed by atoms with E-state index < -0.39 is 18.0 Å². The summed E-state index contributed by atoms with van der Waals surface area (Å²) < 4.78 is 20.9. The van der Waals surface area contributed by atoms with E-state index in [0.29, 0.717) is 28.5 Å². The number of halogens is 1. The summed E-state index contributed by atoms with van der Waals surface area (Å²) in [6.07, 6.45) is 5.30. The van der Waals surface area contributed by atoms with Gasteiger partial charge in [-0.2, -0.15) is 5.10 Å². The molecule has 1 fully saturated rings. The fourth-order valence-corrected chi connectivity index (χ4v) is 4.37. The Morgan fingerprint density at radius 2 is 1.86 bits per heavy atom. The van der Waals surface area contributed by atoms with Crippen LogP contribution in [0.4, 0.5) is 20.7 Å². The highest BCUT2D eigenvalue weighted by atomic mass is 19.1. The average molecular weight is 480 g/mol. The molecule has 2 N–H and O–H groups in total. The van der Waals surface area contributed by atoms with Crippen LogP contribution in [0, 0.1) is 18.7 Å². The van der Waals surface area contributed by atoms with E-state index in [2.05, 4.69) is 20.7 Å². The summed E-state index contributed by atoms with van der Waals surface area (Å²) in [6.45, 7) is 3.43. The fraction of sp³-hybridized carbons (Fsp3) is 0.385. The Morgan fingerprint density at radius 3 is 2.57 bits per heavy atom. The molecule has 35 heavy (non-hydrogen) atoms. The van der Waals surface area contributed by atoms with Crippen LogP contribution in [0.5, 0.6) is 0 Å². The van der Waals surface area contributed by atoms with Gasteiger partial charge in [-0.1, -0.05) is 37.5 Å². The number of nitrogens with one attached hydrogen (secondary N) is 2. The number of nitrogens with zero attached hydrogens (tertiary/aromatic N) is 3. The minimum Gasteiger partial charge on any atom is -0.441 e. The summed E-state index contributed by atoms with van der Waals surface area (Å²) >= 11 is 0. The summed E-state index contributed by atoms with van der Waals surface area (Å²) in [5.74, 6) is 0.0403. The molecule has 1 aliphatic carbocycles. The van der Waals surface area contributed by atoms with Gasteiger partial charge in [-0.3, -0.25) is 19.8 Å². The predicted molar refractivity (Wildman–Crippen MR) is 131 cm³/mol. The smallest absolute Gasteiger partial charge is 0.413 e. The molecule has 0 unspecified atom stereocenters. The first-order chi connectivity index (χ1) is 16.8. The lowest BCUT2D eigenvalue weighted by molar-refractivity contribution is -0.120. The van der Waals surface area contributed by atoms with Crippen molar-refractivity contribution in [1.29, 1.82) is 0 Å². The van der Waals surface area contributed by atoms with Crippen molar-refractivity contribution in [2.45, 2.75) is 52.1 Å². The predicted octanol–water partition coefficient (Wildman–Crippen LogP) is 5.76. The Labute approximate surface area is 203 Å². The van der Waals surface area contributed by atoms with Crippen LogP contribution in [0.1, 0.15) is 56.4 Å².